The summed E-state index contributed by atoms with van der Waals surface area (Å²) in [5, 5.41) is 0. The first-order valence-electron chi connectivity index (χ1n) is 21.5. The Kier molecular flexibility index (Phi) is 34.4. The Morgan fingerprint density at radius 3 is 1.65 bits per heavy atom. The highest BCUT2D eigenvalue weighted by molar-refractivity contribution is 7.45. The van der Waals surface area contributed by atoms with E-state index in [0.717, 1.165) is 70.6 Å². The molecule has 0 aromatic heterocycles. The molecule has 0 aliphatic carbocycles. The topological polar surface area (TPSA) is 128 Å². The molecule has 0 aromatic carbocycles. The van der Waals surface area contributed by atoms with Crippen LogP contribution in [0.4, 0.5) is 0 Å². The molecule has 0 rings (SSSR count). The van der Waals surface area contributed by atoms with Crippen molar-refractivity contribution in [2.75, 3.05) is 47.5 Å². The molecular formula is C43H80NO9P. The molecule has 0 N–H and O–H groups in total. The lowest BCUT2D eigenvalue weighted by Gasteiger charge is -2.28. The number of hydrogen-bond acceptors (Lipinski definition) is 9. The molecule has 0 radical (unpaired) electrons. The summed E-state index contributed by atoms with van der Waals surface area (Å²) < 4.78 is 33.8. The predicted molar refractivity (Wildman–Crippen MR) is 218 cm³/mol. The average molecular weight is 786 g/mol. The van der Waals surface area contributed by atoms with E-state index in [-0.39, 0.29) is 31.8 Å². The standard InChI is InChI=1S/C43H80NO9P/c1-6-8-10-11-12-13-14-15-16-17-20-24-27-31-35-43(47)53-41(39-52-54(48,49)51-37-36-44(3,4)5)38-50-42(46)34-30-26-23-21-18-19-22-25-29-33-40(45)32-28-9-7-2/h22,25,29,33,41H,6-21,23-24,26-28,30-32,34-39H2,1-5H3/b25-22-,33-29+/t41-/m1/s1. The van der Waals surface area contributed by atoms with Crippen LogP contribution in [0, 0.1) is 0 Å². The van der Waals surface area contributed by atoms with Gasteiger partial charge in [0.25, 0.3) is 7.82 Å². The first-order chi connectivity index (χ1) is 25.9. The van der Waals surface area contributed by atoms with Gasteiger partial charge in [-0.2, -0.15) is 0 Å². The van der Waals surface area contributed by atoms with Crippen LogP contribution in [-0.2, 0) is 37.5 Å². The Labute approximate surface area is 330 Å². The maximum Gasteiger partial charge on any atom is 0.306 e. The third-order valence-corrected chi connectivity index (χ3v) is 10.2. The Morgan fingerprint density at radius 1 is 0.611 bits per heavy atom. The van der Waals surface area contributed by atoms with Crippen molar-refractivity contribution in [1.82, 2.24) is 0 Å². The average Bonchev–Trinajstić information content (AvgIpc) is 3.11. The summed E-state index contributed by atoms with van der Waals surface area (Å²) in [6, 6.07) is 0. The Balaban J connectivity index is 4.42. The zero-order chi connectivity index (χ0) is 40.2. The predicted octanol–water partition coefficient (Wildman–Crippen LogP) is 10.5. The first-order valence-corrected chi connectivity index (χ1v) is 23.0. The number of carbonyl (C=O) groups is 3. The second kappa shape index (κ2) is 35.6. The molecule has 0 heterocycles. The minimum Gasteiger partial charge on any atom is -0.756 e. The molecule has 10 nitrogen and oxygen atoms in total. The van der Waals surface area contributed by atoms with Crippen molar-refractivity contribution in [2.24, 2.45) is 0 Å². The summed E-state index contributed by atoms with van der Waals surface area (Å²) in [6.45, 7) is 4.02. The van der Waals surface area contributed by atoms with E-state index in [1.807, 2.05) is 33.3 Å². The van der Waals surface area contributed by atoms with Gasteiger partial charge < -0.3 is 27.9 Å². The molecule has 0 aliphatic rings. The summed E-state index contributed by atoms with van der Waals surface area (Å²) in [4.78, 5) is 49.2. The van der Waals surface area contributed by atoms with Crippen molar-refractivity contribution < 1.29 is 46.8 Å². The highest BCUT2D eigenvalue weighted by atomic mass is 31.2. The number of phosphoric ester groups is 1. The van der Waals surface area contributed by atoms with Gasteiger partial charge in [0.1, 0.15) is 19.8 Å². The molecule has 2 atom stereocenters. The Bertz CT molecular complexity index is 1040. The van der Waals surface area contributed by atoms with Gasteiger partial charge in [0.2, 0.25) is 0 Å². The summed E-state index contributed by atoms with van der Waals surface area (Å²) in [5.41, 5.74) is 0. The fourth-order valence-electron chi connectivity index (χ4n) is 5.75. The molecule has 0 amide bonds. The molecule has 0 spiro atoms. The third-order valence-electron chi connectivity index (χ3n) is 9.20. The van der Waals surface area contributed by atoms with Crippen molar-refractivity contribution >= 4 is 25.5 Å². The summed E-state index contributed by atoms with van der Waals surface area (Å²) in [5.74, 6) is -0.713. The first kappa shape index (κ1) is 52.2. The number of esters is 2. The fourth-order valence-corrected chi connectivity index (χ4v) is 6.48. The minimum atomic E-state index is -4.64. The molecule has 0 bridgehead atoms. The highest BCUT2D eigenvalue weighted by Gasteiger charge is 2.21. The van der Waals surface area contributed by atoms with E-state index in [1.54, 1.807) is 6.08 Å². The lowest BCUT2D eigenvalue weighted by molar-refractivity contribution is -0.870. The van der Waals surface area contributed by atoms with Crippen LogP contribution in [0.15, 0.2) is 24.3 Å². The van der Waals surface area contributed by atoms with E-state index in [4.69, 9.17) is 18.5 Å². The largest absolute Gasteiger partial charge is 0.756 e. The maximum atomic E-state index is 12.6. The van der Waals surface area contributed by atoms with Crippen LogP contribution in [0.2, 0.25) is 0 Å². The molecule has 316 valence electrons. The van der Waals surface area contributed by atoms with Gasteiger partial charge in [-0.15, -0.1) is 0 Å². The monoisotopic (exact) mass is 786 g/mol. The van der Waals surface area contributed by atoms with E-state index in [0.29, 0.717) is 30.3 Å². The van der Waals surface area contributed by atoms with Gasteiger partial charge in [-0.05, 0) is 38.2 Å². The Hall–Kier alpha value is -1.84. The molecule has 0 aliphatic heterocycles. The molecule has 11 heteroatoms. The maximum absolute atomic E-state index is 12.6. The van der Waals surface area contributed by atoms with Crippen molar-refractivity contribution in [1.29, 1.82) is 0 Å². The van der Waals surface area contributed by atoms with Gasteiger partial charge in [-0.3, -0.25) is 18.9 Å². The number of unbranched alkanes of at least 4 members (excludes halogenated alkanes) is 20. The van der Waals surface area contributed by atoms with Crippen LogP contribution in [0.1, 0.15) is 181 Å². The number of ether oxygens (including phenoxy) is 2. The van der Waals surface area contributed by atoms with E-state index in [9.17, 15) is 23.8 Å². The lowest BCUT2D eigenvalue weighted by atomic mass is 10.0. The summed E-state index contributed by atoms with van der Waals surface area (Å²) in [7, 11) is 1.12. The second-order valence-electron chi connectivity index (χ2n) is 15.7. The van der Waals surface area contributed by atoms with Gasteiger partial charge >= 0.3 is 11.9 Å². The normalized spacial score (nSPS) is 13.7. The zero-order valence-corrected chi connectivity index (χ0v) is 36.1. The lowest BCUT2D eigenvalue weighted by Crippen LogP contribution is -2.37. The van der Waals surface area contributed by atoms with Crippen LogP contribution in [-0.4, -0.2) is 75.8 Å². The SMILES string of the molecule is CCCCCCCCCCCCCCCCC(=O)O[C@H](COC(=O)CCCCCCC/C=C\C=C\C(=O)CCCCC)COP(=O)([O-])OCC[N+](C)(C)C. The number of quaternary nitrogens is 1. The van der Waals surface area contributed by atoms with Crippen molar-refractivity contribution in [3.05, 3.63) is 24.3 Å². The van der Waals surface area contributed by atoms with Gasteiger partial charge in [-0.1, -0.05) is 148 Å². The quantitative estimate of drug-likeness (QED) is 0.0149. The van der Waals surface area contributed by atoms with Crippen LogP contribution < -0.4 is 4.89 Å². The van der Waals surface area contributed by atoms with Gasteiger partial charge in [0.05, 0.1) is 27.7 Å². The summed E-state index contributed by atoms with van der Waals surface area (Å²) >= 11 is 0. The molecule has 54 heavy (non-hydrogen) atoms. The highest BCUT2D eigenvalue weighted by Crippen LogP contribution is 2.38. The molecule has 0 aromatic rings. The van der Waals surface area contributed by atoms with Crippen molar-refractivity contribution in [3.63, 3.8) is 0 Å². The van der Waals surface area contributed by atoms with E-state index >= 15 is 0 Å². The zero-order valence-electron chi connectivity index (χ0n) is 35.2. The number of ketones is 1. The van der Waals surface area contributed by atoms with E-state index in [1.165, 1.54) is 64.2 Å². The summed E-state index contributed by atoms with van der Waals surface area (Å²) in [6.07, 6.45) is 33.2. The number of carbonyl (C=O) groups excluding carboxylic acids is 3. The minimum absolute atomic E-state index is 0.0433. The van der Waals surface area contributed by atoms with Crippen LogP contribution in [0.25, 0.3) is 0 Å². The molecule has 1 unspecified atom stereocenters. The number of likely N-dealkylation sites (N-methyl/N-ethyl adjacent to an activating group) is 1. The van der Waals surface area contributed by atoms with E-state index in [2.05, 4.69) is 19.9 Å². The van der Waals surface area contributed by atoms with Crippen LogP contribution >= 0.6 is 7.82 Å². The van der Waals surface area contributed by atoms with Gasteiger partial charge in [0.15, 0.2) is 11.9 Å². The fraction of sp³-hybridized carbons (Fsp3) is 0.837. The molecule has 0 saturated heterocycles. The van der Waals surface area contributed by atoms with Crippen LogP contribution in [0.5, 0.6) is 0 Å². The number of nitrogens with zero attached hydrogens (tertiary/aromatic N) is 1. The number of phosphoric acid groups is 1. The molecule has 0 saturated carbocycles. The smallest absolute Gasteiger partial charge is 0.306 e. The second-order valence-corrected chi connectivity index (χ2v) is 17.2. The van der Waals surface area contributed by atoms with Crippen molar-refractivity contribution in [3.8, 4) is 0 Å². The number of allylic oxidation sites excluding steroid dienone is 4. The molecule has 0 fully saturated rings. The van der Waals surface area contributed by atoms with Gasteiger partial charge in [-0.25, -0.2) is 0 Å². The molecular weight excluding hydrogens is 705 g/mol. The Morgan fingerprint density at radius 2 is 1.09 bits per heavy atom. The van der Waals surface area contributed by atoms with E-state index < -0.39 is 32.5 Å². The number of hydrogen-bond donors (Lipinski definition) is 0. The van der Waals surface area contributed by atoms with Crippen molar-refractivity contribution in [2.45, 2.75) is 187 Å². The van der Waals surface area contributed by atoms with Crippen LogP contribution in [0.3, 0.4) is 0 Å². The number of rotatable bonds is 39. The third kappa shape index (κ3) is 38.4. The van der Waals surface area contributed by atoms with Gasteiger partial charge in [0, 0.05) is 19.3 Å².